The van der Waals surface area contributed by atoms with E-state index >= 15 is 0 Å². The van der Waals surface area contributed by atoms with Gasteiger partial charge in [0.2, 0.25) is 0 Å². The number of hydrogen-bond donors (Lipinski definition) is 0. The summed E-state index contributed by atoms with van der Waals surface area (Å²) in [5.41, 5.74) is 0.901. The van der Waals surface area contributed by atoms with E-state index in [4.69, 9.17) is 9.16 Å². The molecular weight excluding hydrogens is 344 g/mol. The van der Waals surface area contributed by atoms with Crippen molar-refractivity contribution in [3.8, 4) is 0 Å². The Morgan fingerprint density at radius 3 is 2.04 bits per heavy atom. The Kier molecular flexibility index (Phi) is 7.78. The summed E-state index contributed by atoms with van der Waals surface area (Å²) in [6.07, 6.45) is -0.588. The molecule has 4 nitrogen and oxygen atoms in total. The highest BCUT2D eigenvalue weighted by Crippen LogP contribution is 2.38. The van der Waals surface area contributed by atoms with Crippen molar-refractivity contribution in [1.29, 1.82) is 0 Å². The number of Topliss-reactive ketones (excluding diaryl/α,β-unsaturated/α-hetero) is 1. The molecule has 146 valence electrons. The monoisotopic (exact) mass is 378 g/mol. The second kappa shape index (κ2) is 8.96. The summed E-state index contributed by atoms with van der Waals surface area (Å²) in [7, 11) is -2.12. The van der Waals surface area contributed by atoms with Crippen LogP contribution >= 0.6 is 0 Å². The molecule has 1 rings (SSSR count). The fourth-order valence-corrected chi connectivity index (χ4v) is 3.61. The number of esters is 1. The SMILES string of the molecule is CC(C(=O)OCc1ccccc1)C(=O)[C@H](O[Si](C)(C)C(C)(C)C)C(C)C. The van der Waals surface area contributed by atoms with Crippen molar-refractivity contribution >= 4 is 20.1 Å². The number of ketones is 1. The summed E-state index contributed by atoms with van der Waals surface area (Å²) in [5.74, 6) is -1.52. The van der Waals surface area contributed by atoms with Gasteiger partial charge in [-0.05, 0) is 36.5 Å². The third-order valence-corrected chi connectivity index (χ3v) is 9.57. The van der Waals surface area contributed by atoms with Gasteiger partial charge in [0, 0.05) is 0 Å². The second-order valence-electron chi connectivity index (χ2n) is 8.76. The first-order chi connectivity index (χ1) is 11.9. The molecule has 0 aliphatic heterocycles. The Balaban J connectivity index is 2.79. The van der Waals surface area contributed by atoms with Gasteiger partial charge in [-0.3, -0.25) is 9.59 Å². The third-order valence-electron chi connectivity index (χ3n) is 5.12. The average Bonchev–Trinajstić information content (AvgIpc) is 2.56. The Bertz CT molecular complexity index is 602. The molecule has 0 aromatic heterocycles. The molecule has 0 aliphatic rings. The number of hydrogen-bond acceptors (Lipinski definition) is 4. The van der Waals surface area contributed by atoms with Gasteiger partial charge in [0.25, 0.3) is 0 Å². The van der Waals surface area contributed by atoms with Gasteiger partial charge in [0.15, 0.2) is 14.1 Å². The topological polar surface area (TPSA) is 52.6 Å². The molecule has 1 unspecified atom stereocenters. The van der Waals surface area contributed by atoms with Crippen LogP contribution in [-0.2, 0) is 25.4 Å². The van der Waals surface area contributed by atoms with Crippen LogP contribution in [0.1, 0.15) is 47.1 Å². The molecule has 0 saturated carbocycles. The summed E-state index contributed by atoms with van der Waals surface area (Å²) < 4.78 is 11.7. The van der Waals surface area contributed by atoms with Crippen LogP contribution in [0.15, 0.2) is 30.3 Å². The van der Waals surface area contributed by atoms with Crippen molar-refractivity contribution in [2.75, 3.05) is 0 Å². The predicted octanol–water partition coefficient (Wildman–Crippen LogP) is 4.98. The smallest absolute Gasteiger partial charge is 0.316 e. The first-order valence-corrected chi connectivity index (χ1v) is 12.2. The van der Waals surface area contributed by atoms with E-state index in [9.17, 15) is 9.59 Å². The molecular formula is C21H34O4Si. The van der Waals surface area contributed by atoms with E-state index in [-0.39, 0.29) is 23.3 Å². The summed E-state index contributed by atoms with van der Waals surface area (Å²) in [4.78, 5) is 25.3. The van der Waals surface area contributed by atoms with Crippen molar-refractivity contribution in [2.24, 2.45) is 11.8 Å². The maximum atomic E-state index is 12.9. The van der Waals surface area contributed by atoms with E-state index < -0.39 is 26.3 Å². The Labute approximate surface area is 159 Å². The van der Waals surface area contributed by atoms with Crippen LogP contribution in [-0.4, -0.2) is 26.2 Å². The van der Waals surface area contributed by atoms with E-state index in [2.05, 4.69) is 33.9 Å². The van der Waals surface area contributed by atoms with Crippen molar-refractivity contribution < 1.29 is 18.8 Å². The molecule has 0 N–H and O–H groups in total. The van der Waals surface area contributed by atoms with Gasteiger partial charge in [-0.1, -0.05) is 65.0 Å². The molecule has 1 aromatic rings. The zero-order valence-corrected chi connectivity index (χ0v) is 18.5. The van der Waals surface area contributed by atoms with E-state index in [1.165, 1.54) is 0 Å². The number of rotatable bonds is 8. The van der Waals surface area contributed by atoms with E-state index in [0.717, 1.165) is 5.56 Å². The quantitative estimate of drug-likeness (QED) is 0.364. The van der Waals surface area contributed by atoms with Gasteiger partial charge >= 0.3 is 5.97 Å². The molecule has 0 saturated heterocycles. The molecule has 0 fully saturated rings. The largest absolute Gasteiger partial charge is 0.460 e. The molecule has 2 atom stereocenters. The zero-order valence-electron chi connectivity index (χ0n) is 17.5. The standard InChI is InChI=1S/C21H34O4Si/c1-15(2)19(25-26(7,8)21(4,5)6)18(22)16(3)20(23)24-14-17-12-10-9-11-13-17/h9-13,15-16,19H,14H2,1-8H3/t16?,19-/m1/s1. The fourth-order valence-electron chi connectivity index (χ4n) is 2.23. The molecule has 0 spiro atoms. The number of ether oxygens (including phenoxy) is 1. The normalized spacial score (nSPS) is 14.8. The summed E-state index contributed by atoms with van der Waals surface area (Å²) >= 11 is 0. The maximum Gasteiger partial charge on any atom is 0.316 e. The molecule has 0 radical (unpaired) electrons. The van der Waals surface area contributed by atoms with Crippen LogP contribution in [0.5, 0.6) is 0 Å². The Morgan fingerprint density at radius 1 is 1.04 bits per heavy atom. The highest BCUT2D eigenvalue weighted by Gasteiger charge is 2.43. The first-order valence-electron chi connectivity index (χ1n) is 9.29. The number of benzene rings is 1. The molecule has 26 heavy (non-hydrogen) atoms. The molecule has 0 aliphatic carbocycles. The van der Waals surface area contributed by atoms with Crippen molar-refractivity contribution in [3.05, 3.63) is 35.9 Å². The van der Waals surface area contributed by atoms with E-state index in [1.807, 2.05) is 44.2 Å². The Morgan fingerprint density at radius 2 is 1.58 bits per heavy atom. The van der Waals surface area contributed by atoms with Crippen LogP contribution in [0.2, 0.25) is 18.1 Å². The van der Waals surface area contributed by atoms with Gasteiger partial charge in [-0.15, -0.1) is 0 Å². The van der Waals surface area contributed by atoms with Crippen molar-refractivity contribution in [3.63, 3.8) is 0 Å². The Hall–Kier alpha value is -1.46. The molecule has 0 amide bonds. The third kappa shape index (κ3) is 6.06. The summed E-state index contributed by atoms with van der Waals surface area (Å²) in [6.45, 7) is 16.3. The van der Waals surface area contributed by atoms with Gasteiger partial charge in [0.05, 0.1) is 0 Å². The fraction of sp³-hybridized carbons (Fsp3) is 0.619. The van der Waals surface area contributed by atoms with Gasteiger partial charge in [0.1, 0.15) is 18.6 Å². The lowest BCUT2D eigenvalue weighted by molar-refractivity contribution is -0.155. The molecule has 0 bridgehead atoms. The minimum Gasteiger partial charge on any atom is -0.460 e. The lowest BCUT2D eigenvalue weighted by Gasteiger charge is -2.40. The lowest BCUT2D eigenvalue weighted by atomic mass is 9.95. The second-order valence-corrected chi connectivity index (χ2v) is 13.5. The average molecular weight is 379 g/mol. The maximum absolute atomic E-state index is 12.9. The predicted molar refractivity (Wildman–Crippen MR) is 107 cm³/mol. The summed E-state index contributed by atoms with van der Waals surface area (Å²) in [5, 5.41) is -0.00250. The first kappa shape index (κ1) is 22.6. The lowest BCUT2D eigenvalue weighted by Crippen LogP contribution is -2.49. The van der Waals surface area contributed by atoms with Gasteiger partial charge < -0.3 is 9.16 Å². The van der Waals surface area contributed by atoms with Crippen molar-refractivity contribution in [2.45, 2.75) is 72.4 Å². The van der Waals surface area contributed by atoms with E-state index in [0.29, 0.717) is 0 Å². The van der Waals surface area contributed by atoms with Gasteiger partial charge in [-0.2, -0.15) is 0 Å². The highest BCUT2D eigenvalue weighted by molar-refractivity contribution is 6.74. The summed E-state index contributed by atoms with van der Waals surface area (Å²) in [6, 6.07) is 9.45. The zero-order chi connectivity index (χ0) is 20.1. The van der Waals surface area contributed by atoms with Crippen molar-refractivity contribution in [1.82, 2.24) is 0 Å². The van der Waals surface area contributed by atoms with Crippen LogP contribution < -0.4 is 0 Å². The minimum absolute atomic E-state index is 0.000924. The van der Waals surface area contributed by atoms with Crippen LogP contribution in [0.4, 0.5) is 0 Å². The van der Waals surface area contributed by atoms with Gasteiger partial charge in [-0.25, -0.2) is 0 Å². The van der Waals surface area contributed by atoms with Crippen LogP contribution in [0, 0.1) is 11.8 Å². The number of carbonyl (C=O) groups excluding carboxylic acids is 2. The molecule has 0 heterocycles. The van der Waals surface area contributed by atoms with E-state index in [1.54, 1.807) is 6.92 Å². The van der Waals surface area contributed by atoms with Crippen LogP contribution in [0.25, 0.3) is 0 Å². The van der Waals surface area contributed by atoms with Crippen LogP contribution in [0.3, 0.4) is 0 Å². The highest BCUT2D eigenvalue weighted by atomic mass is 28.4. The minimum atomic E-state index is -2.12. The molecule has 5 heteroatoms. The molecule has 1 aromatic carbocycles. The number of carbonyl (C=O) groups is 2.